The fourth-order valence-electron chi connectivity index (χ4n) is 2.60. The van der Waals surface area contributed by atoms with E-state index in [1.54, 1.807) is 19.5 Å². The van der Waals surface area contributed by atoms with Crippen molar-refractivity contribution in [3.05, 3.63) is 54.4 Å². The molecule has 2 atom stereocenters. The van der Waals surface area contributed by atoms with Gasteiger partial charge in [0.1, 0.15) is 5.75 Å². The Labute approximate surface area is 130 Å². The van der Waals surface area contributed by atoms with Crippen molar-refractivity contribution in [1.29, 1.82) is 0 Å². The van der Waals surface area contributed by atoms with Crippen LogP contribution in [-0.4, -0.2) is 18.0 Å². The van der Waals surface area contributed by atoms with Gasteiger partial charge in [-0.3, -0.25) is 9.78 Å². The highest BCUT2D eigenvalue weighted by Crippen LogP contribution is 2.40. The Morgan fingerprint density at radius 2 is 1.86 bits per heavy atom. The highest BCUT2D eigenvalue weighted by atomic mass is 16.5. The van der Waals surface area contributed by atoms with Crippen molar-refractivity contribution in [3.63, 3.8) is 0 Å². The molecule has 0 unspecified atom stereocenters. The third kappa shape index (κ3) is 3.11. The van der Waals surface area contributed by atoms with Gasteiger partial charge in [-0.05, 0) is 42.2 Å². The van der Waals surface area contributed by atoms with Crippen molar-refractivity contribution >= 4 is 11.6 Å². The number of carbonyl (C=O) groups excluding carboxylic acids is 1. The van der Waals surface area contributed by atoms with Gasteiger partial charge >= 0.3 is 0 Å². The Bertz CT molecular complexity index is 640. The topological polar surface area (TPSA) is 42.4 Å². The highest BCUT2D eigenvalue weighted by molar-refractivity contribution is 5.96. The van der Waals surface area contributed by atoms with Gasteiger partial charge in [-0.1, -0.05) is 19.1 Å². The molecule has 0 aliphatic heterocycles. The van der Waals surface area contributed by atoms with Gasteiger partial charge in [-0.2, -0.15) is 0 Å². The van der Waals surface area contributed by atoms with Crippen molar-refractivity contribution in [2.24, 2.45) is 11.8 Å². The molecule has 1 aliphatic carbocycles. The van der Waals surface area contributed by atoms with E-state index in [0.717, 1.165) is 23.4 Å². The fourth-order valence-corrected chi connectivity index (χ4v) is 2.60. The average Bonchev–Trinajstić information content (AvgIpc) is 3.30. The Morgan fingerprint density at radius 1 is 1.23 bits per heavy atom. The average molecular weight is 296 g/mol. The number of ether oxygens (including phenoxy) is 1. The quantitative estimate of drug-likeness (QED) is 0.850. The summed E-state index contributed by atoms with van der Waals surface area (Å²) in [5.41, 5.74) is 1.98. The maximum atomic E-state index is 12.7. The zero-order chi connectivity index (χ0) is 15.5. The van der Waals surface area contributed by atoms with E-state index in [-0.39, 0.29) is 11.8 Å². The van der Waals surface area contributed by atoms with E-state index in [1.165, 1.54) is 0 Å². The van der Waals surface area contributed by atoms with Crippen molar-refractivity contribution in [2.45, 2.75) is 19.9 Å². The molecule has 0 radical (unpaired) electrons. The Morgan fingerprint density at radius 3 is 2.41 bits per heavy atom. The standard InChI is InChI=1S/C18H20N2O2/c1-13-11-17(13)18(21)20(15-7-9-19-10-8-15)12-14-3-5-16(22-2)6-4-14/h3-10,13,17H,11-12H2,1-2H3/t13-,17-/m0/s1. The molecule has 0 bridgehead atoms. The maximum Gasteiger partial charge on any atom is 0.230 e. The van der Waals surface area contributed by atoms with Gasteiger partial charge in [0.05, 0.1) is 13.7 Å². The second-order valence-corrected chi connectivity index (χ2v) is 5.80. The molecular weight excluding hydrogens is 276 g/mol. The van der Waals surface area contributed by atoms with E-state index in [1.807, 2.05) is 41.3 Å². The molecule has 1 fully saturated rings. The molecule has 1 aliphatic rings. The van der Waals surface area contributed by atoms with Gasteiger partial charge in [0.25, 0.3) is 0 Å². The molecule has 0 saturated heterocycles. The summed E-state index contributed by atoms with van der Waals surface area (Å²) in [6.07, 6.45) is 4.43. The second-order valence-electron chi connectivity index (χ2n) is 5.80. The van der Waals surface area contributed by atoms with Crippen LogP contribution in [0, 0.1) is 11.8 Å². The lowest BCUT2D eigenvalue weighted by molar-refractivity contribution is -0.120. The van der Waals surface area contributed by atoms with E-state index in [9.17, 15) is 4.79 Å². The van der Waals surface area contributed by atoms with Gasteiger partial charge in [0, 0.05) is 24.0 Å². The van der Waals surface area contributed by atoms with Crippen LogP contribution in [0.3, 0.4) is 0 Å². The molecule has 1 saturated carbocycles. The summed E-state index contributed by atoms with van der Waals surface area (Å²) in [6.45, 7) is 2.69. The summed E-state index contributed by atoms with van der Waals surface area (Å²) in [6, 6.07) is 11.6. The number of hydrogen-bond donors (Lipinski definition) is 0. The Kier molecular flexibility index (Phi) is 4.09. The van der Waals surface area contributed by atoms with Crippen LogP contribution in [0.4, 0.5) is 5.69 Å². The minimum absolute atomic E-state index is 0.159. The third-order valence-electron chi connectivity index (χ3n) is 4.17. The second kappa shape index (κ2) is 6.18. The summed E-state index contributed by atoms with van der Waals surface area (Å²) in [5, 5.41) is 0. The third-order valence-corrected chi connectivity index (χ3v) is 4.17. The van der Waals surface area contributed by atoms with Gasteiger partial charge in [-0.25, -0.2) is 0 Å². The predicted octanol–water partition coefficient (Wildman–Crippen LogP) is 3.28. The summed E-state index contributed by atoms with van der Waals surface area (Å²) >= 11 is 0. The lowest BCUT2D eigenvalue weighted by atomic mass is 10.1. The highest BCUT2D eigenvalue weighted by Gasteiger charge is 2.41. The minimum Gasteiger partial charge on any atom is -0.497 e. The first-order valence-corrected chi connectivity index (χ1v) is 7.53. The summed E-state index contributed by atoms with van der Waals surface area (Å²) < 4.78 is 5.18. The lowest BCUT2D eigenvalue weighted by Crippen LogP contribution is -2.32. The number of rotatable bonds is 5. The molecule has 4 heteroatoms. The van der Waals surface area contributed by atoms with Crippen LogP contribution in [-0.2, 0) is 11.3 Å². The number of methoxy groups -OCH3 is 1. The molecule has 0 spiro atoms. The van der Waals surface area contributed by atoms with Crippen molar-refractivity contribution in [2.75, 3.05) is 12.0 Å². The first-order chi connectivity index (χ1) is 10.7. The van der Waals surface area contributed by atoms with Crippen molar-refractivity contribution < 1.29 is 9.53 Å². The Hall–Kier alpha value is -2.36. The number of amides is 1. The summed E-state index contributed by atoms with van der Waals surface area (Å²) in [4.78, 5) is 18.6. The lowest BCUT2D eigenvalue weighted by Gasteiger charge is -2.23. The number of aromatic nitrogens is 1. The molecular formula is C18H20N2O2. The number of anilines is 1. The van der Waals surface area contributed by atoms with Crippen LogP contribution < -0.4 is 9.64 Å². The van der Waals surface area contributed by atoms with Crippen LogP contribution in [0.2, 0.25) is 0 Å². The molecule has 1 aromatic heterocycles. The minimum atomic E-state index is 0.159. The first kappa shape index (κ1) is 14.6. The first-order valence-electron chi connectivity index (χ1n) is 7.53. The SMILES string of the molecule is COc1ccc(CN(C(=O)[C@H]2C[C@@H]2C)c2ccncc2)cc1. The van der Waals surface area contributed by atoms with Gasteiger partial charge in [-0.15, -0.1) is 0 Å². The zero-order valence-corrected chi connectivity index (χ0v) is 12.9. The van der Waals surface area contributed by atoms with Crippen LogP contribution >= 0.6 is 0 Å². The zero-order valence-electron chi connectivity index (χ0n) is 12.9. The number of nitrogens with zero attached hydrogens (tertiary/aromatic N) is 2. The van der Waals surface area contributed by atoms with Gasteiger partial charge in [0.15, 0.2) is 0 Å². The normalized spacial score (nSPS) is 19.5. The van der Waals surface area contributed by atoms with E-state index in [2.05, 4.69) is 11.9 Å². The molecule has 2 aromatic rings. The largest absolute Gasteiger partial charge is 0.497 e. The van der Waals surface area contributed by atoms with Crippen molar-refractivity contribution in [3.8, 4) is 5.75 Å². The number of pyridine rings is 1. The Balaban J connectivity index is 1.83. The molecule has 1 aromatic carbocycles. The van der Waals surface area contributed by atoms with Crippen molar-refractivity contribution in [1.82, 2.24) is 4.98 Å². The van der Waals surface area contributed by atoms with Crippen LogP contribution in [0.15, 0.2) is 48.8 Å². The van der Waals surface area contributed by atoms with Crippen LogP contribution in [0.1, 0.15) is 18.9 Å². The van der Waals surface area contributed by atoms with E-state index in [0.29, 0.717) is 12.5 Å². The molecule has 3 rings (SSSR count). The maximum absolute atomic E-state index is 12.7. The monoisotopic (exact) mass is 296 g/mol. The molecule has 22 heavy (non-hydrogen) atoms. The molecule has 1 heterocycles. The fraction of sp³-hybridized carbons (Fsp3) is 0.333. The summed E-state index contributed by atoms with van der Waals surface area (Å²) in [7, 11) is 1.65. The van der Waals surface area contributed by atoms with Crippen LogP contribution in [0.5, 0.6) is 5.75 Å². The molecule has 1 amide bonds. The van der Waals surface area contributed by atoms with E-state index < -0.39 is 0 Å². The van der Waals surface area contributed by atoms with Gasteiger partial charge in [0.2, 0.25) is 5.91 Å². The number of carbonyl (C=O) groups is 1. The summed E-state index contributed by atoms with van der Waals surface area (Å²) in [5.74, 6) is 1.68. The smallest absolute Gasteiger partial charge is 0.230 e. The predicted molar refractivity (Wildman–Crippen MR) is 85.7 cm³/mol. The van der Waals surface area contributed by atoms with E-state index in [4.69, 9.17) is 4.74 Å². The van der Waals surface area contributed by atoms with Crippen LogP contribution in [0.25, 0.3) is 0 Å². The van der Waals surface area contributed by atoms with Gasteiger partial charge < -0.3 is 9.64 Å². The number of benzene rings is 1. The number of hydrogen-bond acceptors (Lipinski definition) is 3. The molecule has 4 nitrogen and oxygen atoms in total. The van der Waals surface area contributed by atoms with E-state index >= 15 is 0 Å². The molecule has 0 N–H and O–H groups in total. The molecule has 114 valence electrons.